The molecule has 0 aliphatic carbocycles. The Morgan fingerprint density at radius 3 is 2.65 bits per heavy atom. The fourth-order valence-electron chi connectivity index (χ4n) is 3.38. The van der Waals surface area contributed by atoms with Crippen molar-refractivity contribution in [2.45, 2.75) is 29.2 Å². The summed E-state index contributed by atoms with van der Waals surface area (Å²) in [5.74, 6) is -0.308. The van der Waals surface area contributed by atoms with Gasteiger partial charge in [-0.3, -0.25) is 14.7 Å². The third-order valence-electron chi connectivity index (χ3n) is 5.16. The van der Waals surface area contributed by atoms with Crippen LogP contribution in [0, 0.1) is 0 Å². The quantitative estimate of drug-likeness (QED) is 0.252. The fourth-order valence-corrected chi connectivity index (χ4v) is 6.35. The first kappa shape index (κ1) is 24.7. The van der Waals surface area contributed by atoms with E-state index in [-0.39, 0.29) is 29.4 Å². The molecular weight excluding hydrogens is 510 g/mol. The Balaban J connectivity index is 1.53. The van der Waals surface area contributed by atoms with Gasteiger partial charge in [-0.2, -0.15) is 0 Å². The van der Waals surface area contributed by atoms with Crippen LogP contribution in [-0.2, 0) is 21.2 Å². The van der Waals surface area contributed by atoms with Gasteiger partial charge in [0.2, 0.25) is 5.91 Å². The monoisotopic (exact) mass is 531 g/mol. The maximum absolute atomic E-state index is 13.3. The predicted octanol–water partition coefficient (Wildman–Crippen LogP) is 5.85. The molecule has 0 atom stereocenters. The number of hydrogen-bond donors (Lipinski definition) is 0. The van der Waals surface area contributed by atoms with Gasteiger partial charge < -0.3 is 0 Å². The summed E-state index contributed by atoms with van der Waals surface area (Å²) >= 11 is 8.96. The molecule has 2 heterocycles. The SMILES string of the molecule is CSc1ccc2nc(N(Cc3cccnc3)C(=O)CCCS(=O)(=O)c3ccc(Cl)cc3)sc2c1. The summed E-state index contributed by atoms with van der Waals surface area (Å²) in [5, 5.41) is 1.06. The van der Waals surface area contributed by atoms with Crippen LogP contribution >= 0.6 is 34.7 Å². The highest BCUT2D eigenvalue weighted by atomic mass is 35.5. The topological polar surface area (TPSA) is 80.2 Å². The predicted molar refractivity (Wildman–Crippen MR) is 140 cm³/mol. The highest BCUT2D eigenvalue weighted by Crippen LogP contribution is 2.32. The number of nitrogens with zero attached hydrogens (tertiary/aromatic N) is 3. The molecule has 0 saturated carbocycles. The highest BCUT2D eigenvalue weighted by Gasteiger charge is 2.22. The van der Waals surface area contributed by atoms with E-state index in [2.05, 4.69) is 16.0 Å². The number of fused-ring (bicyclic) bond motifs is 1. The van der Waals surface area contributed by atoms with Gasteiger partial charge in [-0.1, -0.05) is 29.0 Å². The van der Waals surface area contributed by atoms with Crippen molar-refractivity contribution >= 4 is 65.8 Å². The molecule has 0 radical (unpaired) electrons. The van der Waals surface area contributed by atoms with Crippen LogP contribution in [0.5, 0.6) is 0 Å². The van der Waals surface area contributed by atoms with Crippen LogP contribution in [0.1, 0.15) is 18.4 Å². The van der Waals surface area contributed by atoms with Gasteiger partial charge >= 0.3 is 0 Å². The molecule has 2 aromatic carbocycles. The molecule has 4 rings (SSSR count). The number of sulfone groups is 1. The van der Waals surface area contributed by atoms with Crippen LogP contribution in [-0.4, -0.2) is 36.3 Å². The molecule has 4 aromatic rings. The summed E-state index contributed by atoms with van der Waals surface area (Å²) in [6, 6.07) is 15.8. The number of aromatic nitrogens is 2. The number of benzene rings is 2. The maximum atomic E-state index is 13.3. The van der Waals surface area contributed by atoms with Crippen molar-refractivity contribution in [3.05, 3.63) is 77.6 Å². The van der Waals surface area contributed by atoms with Crippen molar-refractivity contribution in [2.24, 2.45) is 0 Å². The number of thioether (sulfide) groups is 1. The molecule has 176 valence electrons. The lowest BCUT2D eigenvalue weighted by atomic mass is 10.2. The Bertz CT molecular complexity index is 1390. The normalized spacial score (nSPS) is 11.6. The number of amides is 1. The van der Waals surface area contributed by atoms with E-state index >= 15 is 0 Å². The molecule has 0 saturated heterocycles. The van der Waals surface area contributed by atoms with Crippen LogP contribution in [0.2, 0.25) is 5.02 Å². The Morgan fingerprint density at radius 2 is 1.94 bits per heavy atom. The average Bonchev–Trinajstić information content (AvgIpc) is 3.26. The molecule has 0 unspecified atom stereocenters. The van der Waals surface area contributed by atoms with E-state index in [4.69, 9.17) is 11.6 Å². The molecule has 0 bridgehead atoms. The molecule has 34 heavy (non-hydrogen) atoms. The number of hydrogen-bond acceptors (Lipinski definition) is 7. The van der Waals surface area contributed by atoms with Gasteiger partial charge in [0.15, 0.2) is 15.0 Å². The first-order valence-electron chi connectivity index (χ1n) is 10.5. The van der Waals surface area contributed by atoms with E-state index in [1.54, 1.807) is 41.2 Å². The lowest BCUT2D eigenvalue weighted by molar-refractivity contribution is -0.118. The molecule has 0 N–H and O–H groups in total. The molecule has 0 aliphatic heterocycles. The van der Waals surface area contributed by atoms with E-state index in [1.807, 2.05) is 30.5 Å². The van der Waals surface area contributed by atoms with Crippen LogP contribution in [0.25, 0.3) is 10.2 Å². The zero-order chi connectivity index (χ0) is 24.1. The minimum Gasteiger partial charge on any atom is -0.284 e. The zero-order valence-corrected chi connectivity index (χ0v) is 21.6. The number of rotatable bonds is 9. The number of carbonyl (C=O) groups is 1. The van der Waals surface area contributed by atoms with Crippen molar-refractivity contribution in [3.63, 3.8) is 0 Å². The summed E-state index contributed by atoms with van der Waals surface area (Å²) in [6.45, 7) is 0.311. The third kappa shape index (κ3) is 5.96. The molecule has 0 aliphatic rings. The Labute approximate surface area is 211 Å². The van der Waals surface area contributed by atoms with Crippen LogP contribution in [0.15, 0.2) is 76.8 Å². The van der Waals surface area contributed by atoms with Crippen molar-refractivity contribution in [3.8, 4) is 0 Å². The van der Waals surface area contributed by atoms with Gasteiger partial charge in [0.25, 0.3) is 0 Å². The second-order valence-corrected chi connectivity index (χ2v) is 12.0. The summed E-state index contributed by atoms with van der Waals surface area (Å²) in [4.78, 5) is 25.0. The van der Waals surface area contributed by atoms with Gasteiger partial charge in [0.1, 0.15) is 0 Å². The lowest BCUT2D eigenvalue weighted by Crippen LogP contribution is -2.30. The minimum atomic E-state index is -3.50. The van der Waals surface area contributed by atoms with Crippen molar-refractivity contribution in [2.75, 3.05) is 16.9 Å². The number of anilines is 1. The number of carbonyl (C=O) groups excluding carboxylic acids is 1. The van der Waals surface area contributed by atoms with Gasteiger partial charge in [0, 0.05) is 28.7 Å². The Kier molecular flexibility index (Phi) is 7.88. The lowest BCUT2D eigenvalue weighted by Gasteiger charge is -2.20. The smallest absolute Gasteiger partial charge is 0.229 e. The summed E-state index contributed by atoms with van der Waals surface area (Å²) < 4.78 is 26.3. The third-order valence-corrected chi connectivity index (χ3v) is 8.99. The van der Waals surface area contributed by atoms with E-state index < -0.39 is 9.84 Å². The summed E-state index contributed by atoms with van der Waals surface area (Å²) in [6.07, 6.45) is 5.69. The highest BCUT2D eigenvalue weighted by molar-refractivity contribution is 7.98. The fraction of sp³-hybridized carbons (Fsp3) is 0.208. The average molecular weight is 532 g/mol. The second-order valence-electron chi connectivity index (χ2n) is 7.55. The largest absolute Gasteiger partial charge is 0.284 e. The van der Waals surface area contributed by atoms with Crippen LogP contribution in [0.3, 0.4) is 0 Å². The Morgan fingerprint density at radius 1 is 1.15 bits per heavy atom. The maximum Gasteiger partial charge on any atom is 0.229 e. The van der Waals surface area contributed by atoms with Gasteiger partial charge in [0.05, 0.1) is 27.4 Å². The van der Waals surface area contributed by atoms with Crippen molar-refractivity contribution in [1.29, 1.82) is 0 Å². The first-order valence-corrected chi connectivity index (χ1v) is 14.5. The van der Waals surface area contributed by atoms with E-state index in [1.165, 1.54) is 23.5 Å². The molecule has 2 aromatic heterocycles. The standard InChI is InChI=1S/C24H22ClN3O3S3/c1-32-19-8-11-21-22(14-19)33-24(27-21)28(16-17-4-2-12-26-15-17)23(29)5-3-13-34(30,31)20-9-6-18(25)7-10-20/h2,4,6-12,14-15H,3,5,13,16H2,1H3. The van der Waals surface area contributed by atoms with Gasteiger partial charge in [-0.15, -0.1) is 11.8 Å². The minimum absolute atomic E-state index is 0.0824. The molecule has 10 heteroatoms. The van der Waals surface area contributed by atoms with E-state index in [0.29, 0.717) is 16.7 Å². The molecular formula is C24H22ClN3O3S3. The van der Waals surface area contributed by atoms with Crippen molar-refractivity contribution < 1.29 is 13.2 Å². The number of halogens is 1. The molecule has 6 nitrogen and oxygen atoms in total. The first-order chi connectivity index (χ1) is 16.4. The number of pyridine rings is 1. The second kappa shape index (κ2) is 10.9. The van der Waals surface area contributed by atoms with Crippen LogP contribution in [0.4, 0.5) is 5.13 Å². The van der Waals surface area contributed by atoms with Gasteiger partial charge in [-0.25, -0.2) is 13.4 Å². The van der Waals surface area contributed by atoms with E-state index in [9.17, 15) is 13.2 Å². The zero-order valence-electron chi connectivity index (χ0n) is 18.3. The molecule has 0 fully saturated rings. The summed E-state index contributed by atoms with van der Waals surface area (Å²) in [7, 11) is -3.50. The Hall–Kier alpha value is -2.46. The van der Waals surface area contributed by atoms with E-state index in [0.717, 1.165) is 20.7 Å². The number of thiazole rings is 1. The van der Waals surface area contributed by atoms with Crippen LogP contribution < -0.4 is 4.90 Å². The molecule has 0 spiro atoms. The molecule has 1 amide bonds. The van der Waals surface area contributed by atoms with Gasteiger partial charge in [-0.05, 0) is 66.8 Å². The summed E-state index contributed by atoms with van der Waals surface area (Å²) in [5.41, 5.74) is 1.70. The van der Waals surface area contributed by atoms with Crippen molar-refractivity contribution in [1.82, 2.24) is 9.97 Å².